The van der Waals surface area contributed by atoms with E-state index in [1.54, 1.807) is 13.0 Å². The Morgan fingerprint density at radius 2 is 2.06 bits per heavy atom. The van der Waals surface area contributed by atoms with Gasteiger partial charge in [0.15, 0.2) is 0 Å². The maximum Gasteiger partial charge on any atom is 0.272 e. The molecule has 1 aliphatic carbocycles. The lowest BCUT2D eigenvalue weighted by molar-refractivity contribution is -0.385. The Labute approximate surface area is 99.7 Å². The molecule has 0 atom stereocenters. The monoisotopic (exact) mass is 236 g/mol. The van der Waals surface area contributed by atoms with Gasteiger partial charge in [-0.3, -0.25) is 10.1 Å². The van der Waals surface area contributed by atoms with Crippen molar-refractivity contribution in [2.45, 2.75) is 32.2 Å². The number of rotatable bonds is 4. The lowest BCUT2D eigenvalue weighted by Gasteiger charge is -2.14. The van der Waals surface area contributed by atoms with Crippen molar-refractivity contribution in [2.75, 3.05) is 6.61 Å². The van der Waals surface area contributed by atoms with E-state index in [1.807, 2.05) is 6.92 Å². The van der Waals surface area contributed by atoms with Gasteiger partial charge in [-0.15, -0.1) is 0 Å². The standard InChI is InChI=1S/C12H16N2O3/c1-8-9(2)11(4-3-10(8)14(15)16)17-7-12(13)5-6-12/h3-4H,5-7,13H2,1-2H3. The van der Waals surface area contributed by atoms with Crippen LogP contribution in [0.2, 0.25) is 0 Å². The first-order valence-electron chi connectivity index (χ1n) is 5.59. The van der Waals surface area contributed by atoms with Crippen LogP contribution >= 0.6 is 0 Å². The molecule has 1 aromatic rings. The van der Waals surface area contributed by atoms with Gasteiger partial charge in [0.1, 0.15) is 12.4 Å². The summed E-state index contributed by atoms with van der Waals surface area (Å²) >= 11 is 0. The SMILES string of the molecule is Cc1c(OCC2(N)CC2)ccc([N+](=O)[O-])c1C. The van der Waals surface area contributed by atoms with Crippen molar-refractivity contribution in [1.29, 1.82) is 0 Å². The molecule has 5 heteroatoms. The molecule has 0 radical (unpaired) electrons. The van der Waals surface area contributed by atoms with Crippen molar-refractivity contribution >= 4 is 5.69 Å². The smallest absolute Gasteiger partial charge is 0.272 e. The van der Waals surface area contributed by atoms with Gasteiger partial charge in [0.25, 0.3) is 5.69 Å². The molecule has 0 bridgehead atoms. The van der Waals surface area contributed by atoms with Gasteiger partial charge in [-0.05, 0) is 32.8 Å². The van der Waals surface area contributed by atoms with Gasteiger partial charge in [-0.2, -0.15) is 0 Å². The largest absolute Gasteiger partial charge is 0.491 e. The van der Waals surface area contributed by atoms with Crippen molar-refractivity contribution in [3.63, 3.8) is 0 Å². The summed E-state index contributed by atoms with van der Waals surface area (Å²) in [6, 6.07) is 3.12. The molecule has 17 heavy (non-hydrogen) atoms. The summed E-state index contributed by atoms with van der Waals surface area (Å²) in [5.74, 6) is 0.685. The molecule has 2 rings (SSSR count). The van der Waals surface area contributed by atoms with Crippen LogP contribution in [0.25, 0.3) is 0 Å². The highest BCUT2D eigenvalue weighted by molar-refractivity contribution is 5.51. The van der Waals surface area contributed by atoms with Gasteiger partial charge < -0.3 is 10.5 Å². The zero-order valence-corrected chi connectivity index (χ0v) is 10.0. The predicted octanol–water partition coefficient (Wildman–Crippen LogP) is 2.08. The quantitative estimate of drug-likeness (QED) is 0.641. The van der Waals surface area contributed by atoms with E-state index in [-0.39, 0.29) is 16.1 Å². The van der Waals surface area contributed by atoms with E-state index < -0.39 is 0 Å². The molecule has 0 amide bonds. The van der Waals surface area contributed by atoms with Crippen molar-refractivity contribution in [2.24, 2.45) is 5.73 Å². The van der Waals surface area contributed by atoms with Gasteiger partial charge >= 0.3 is 0 Å². The molecule has 0 heterocycles. The molecule has 0 spiro atoms. The van der Waals surface area contributed by atoms with Gasteiger partial charge in [0.05, 0.1) is 10.5 Å². The molecule has 5 nitrogen and oxygen atoms in total. The van der Waals surface area contributed by atoms with Crippen LogP contribution in [0.4, 0.5) is 5.69 Å². The molecule has 0 unspecified atom stereocenters. The molecular formula is C12H16N2O3. The Kier molecular flexibility index (Phi) is 2.79. The Bertz CT molecular complexity index is 467. The molecule has 0 saturated heterocycles. The zero-order chi connectivity index (χ0) is 12.6. The van der Waals surface area contributed by atoms with E-state index in [0.717, 1.165) is 18.4 Å². The zero-order valence-electron chi connectivity index (χ0n) is 10.0. The lowest BCUT2D eigenvalue weighted by atomic mass is 10.1. The summed E-state index contributed by atoms with van der Waals surface area (Å²) in [5.41, 5.74) is 7.33. The minimum absolute atomic E-state index is 0.128. The van der Waals surface area contributed by atoms with Crippen molar-refractivity contribution < 1.29 is 9.66 Å². The average molecular weight is 236 g/mol. The number of nitrogens with zero attached hydrogens (tertiary/aromatic N) is 1. The maximum absolute atomic E-state index is 10.8. The molecule has 0 aliphatic heterocycles. The van der Waals surface area contributed by atoms with E-state index in [2.05, 4.69) is 0 Å². The fraction of sp³-hybridized carbons (Fsp3) is 0.500. The fourth-order valence-electron chi connectivity index (χ4n) is 1.66. The average Bonchev–Trinajstić information content (AvgIpc) is 2.99. The summed E-state index contributed by atoms with van der Waals surface area (Å²) in [4.78, 5) is 10.4. The molecule has 0 aromatic heterocycles. The predicted molar refractivity (Wildman–Crippen MR) is 64.2 cm³/mol. The number of nitrogens with two attached hydrogens (primary N) is 1. The molecular weight excluding hydrogens is 220 g/mol. The topological polar surface area (TPSA) is 78.4 Å². The van der Waals surface area contributed by atoms with Crippen LogP contribution in [0.15, 0.2) is 12.1 Å². The van der Waals surface area contributed by atoms with Gasteiger partial charge in [0.2, 0.25) is 0 Å². The van der Waals surface area contributed by atoms with Crippen LogP contribution in [0.3, 0.4) is 0 Å². The summed E-state index contributed by atoms with van der Waals surface area (Å²) in [6.45, 7) is 4.04. The molecule has 92 valence electrons. The van der Waals surface area contributed by atoms with Crippen LogP contribution in [-0.2, 0) is 0 Å². The third-order valence-electron chi connectivity index (χ3n) is 3.31. The minimum Gasteiger partial charge on any atom is -0.491 e. The van der Waals surface area contributed by atoms with Crippen LogP contribution in [0.1, 0.15) is 24.0 Å². The fourth-order valence-corrected chi connectivity index (χ4v) is 1.66. The van der Waals surface area contributed by atoms with Crippen molar-refractivity contribution in [3.8, 4) is 5.75 Å². The second-order valence-electron chi connectivity index (χ2n) is 4.74. The maximum atomic E-state index is 10.8. The van der Waals surface area contributed by atoms with Crippen molar-refractivity contribution in [1.82, 2.24) is 0 Å². The highest BCUT2D eigenvalue weighted by Crippen LogP contribution is 2.34. The second kappa shape index (κ2) is 4.00. The summed E-state index contributed by atoms with van der Waals surface area (Å²) in [7, 11) is 0. The third-order valence-corrected chi connectivity index (χ3v) is 3.31. The van der Waals surface area contributed by atoms with Crippen LogP contribution in [0.5, 0.6) is 5.75 Å². The molecule has 1 fully saturated rings. The van der Waals surface area contributed by atoms with Crippen molar-refractivity contribution in [3.05, 3.63) is 33.4 Å². The first kappa shape index (κ1) is 11.9. The first-order valence-corrected chi connectivity index (χ1v) is 5.59. The Morgan fingerprint density at radius 3 is 2.59 bits per heavy atom. The normalized spacial score (nSPS) is 16.6. The van der Waals surface area contributed by atoms with E-state index in [0.29, 0.717) is 17.9 Å². The molecule has 2 N–H and O–H groups in total. The molecule has 1 saturated carbocycles. The molecule has 1 aliphatic rings. The van der Waals surface area contributed by atoms with Crippen LogP contribution in [-0.4, -0.2) is 17.1 Å². The number of nitro groups is 1. The van der Waals surface area contributed by atoms with Crippen LogP contribution < -0.4 is 10.5 Å². The number of hydrogen-bond donors (Lipinski definition) is 1. The van der Waals surface area contributed by atoms with E-state index in [1.165, 1.54) is 6.07 Å². The summed E-state index contributed by atoms with van der Waals surface area (Å²) in [6.07, 6.45) is 1.97. The summed E-state index contributed by atoms with van der Waals surface area (Å²) < 4.78 is 5.63. The van der Waals surface area contributed by atoms with E-state index in [9.17, 15) is 10.1 Å². The van der Waals surface area contributed by atoms with E-state index in [4.69, 9.17) is 10.5 Å². The highest BCUT2D eigenvalue weighted by Gasteiger charge is 2.39. The number of benzene rings is 1. The number of nitro benzene ring substituents is 1. The van der Waals surface area contributed by atoms with Gasteiger partial charge in [-0.1, -0.05) is 0 Å². The van der Waals surface area contributed by atoms with Crippen LogP contribution in [0, 0.1) is 24.0 Å². The number of hydrogen-bond acceptors (Lipinski definition) is 4. The lowest BCUT2D eigenvalue weighted by Crippen LogP contribution is -2.29. The number of ether oxygens (including phenoxy) is 1. The summed E-state index contributed by atoms with van der Waals surface area (Å²) in [5, 5.41) is 10.8. The highest BCUT2D eigenvalue weighted by atomic mass is 16.6. The Balaban J connectivity index is 2.18. The second-order valence-corrected chi connectivity index (χ2v) is 4.74. The first-order chi connectivity index (χ1) is 7.93. The van der Waals surface area contributed by atoms with Gasteiger partial charge in [0, 0.05) is 17.2 Å². The van der Waals surface area contributed by atoms with Gasteiger partial charge in [-0.25, -0.2) is 0 Å². The van der Waals surface area contributed by atoms with E-state index >= 15 is 0 Å². The Morgan fingerprint density at radius 1 is 1.41 bits per heavy atom. The molecule has 1 aromatic carbocycles. The minimum atomic E-state index is -0.378. The Hall–Kier alpha value is -1.62. The third kappa shape index (κ3) is 2.39.